The summed E-state index contributed by atoms with van der Waals surface area (Å²) in [4.78, 5) is 29.0. The van der Waals surface area contributed by atoms with E-state index in [1.165, 1.54) is 0 Å². The summed E-state index contributed by atoms with van der Waals surface area (Å²) in [6, 6.07) is 15.8. The lowest BCUT2D eigenvalue weighted by Gasteiger charge is -2.33. The van der Waals surface area contributed by atoms with E-state index in [0.717, 1.165) is 28.1 Å². The van der Waals surface area contributed by atoms with Crippen LogP contribution in [0.25, 0.3) is 0 Å². The highest BCUT2D eigenvalue weighted by Gasteiger charge is 2.59. The molecule has 2 aromatic carbocycles. The molecular weight excluding hydrogens is 358 g/mol. The number of nitrogens with zero attached hydrogens (tertiary/aromatic N) is 2. The second kappa shape index (κ2) is 6.93. The maximum Gasteiger partial charge on any atom is 0.319 e. The molecule has 0 aliphatic carbocycles. The molecule has 0 unspecified atom stereocenters. The smallest absolute Gasteiger partial charge is 0.319 e. The zero-order chi connectivity index (χ0) is 19.0. The SMILES string of the molecule is CCNC(=O)N1CCS[C@]12C(=O)N(Cc1ccccc1C)c1ccccc12. The van der Waals surface area contributed by atoms with Gasteiger partial charge in [0.25, 0.3) is 5.91 Å². The summed E-state index contributed by atoms with van der Waals surface area (Å²) in [7, 11) is 0. The quantitative estimate of drug-likeness (QED) is 0.886. The first-order chi connectivity index (χ1) is 13.1. The van der Waals surface area contributed by atoms with Crippen molar-refractivity contribution in [2.75, 3.05) is 23.7 Å². The van der Waals surface area contributed by atoms with E-state index in [2.05, 4.69) is 24.4 Å². The lowest BCUT2D eigenvalue weighted by Crippen LogP contribution is -2.53. The van der Waals surface area contributed by atoms with Gasteiger partial charge in [-0.15, -0.1) is 11.8 Å². The summed E-state index contributed by atoms with van der Waals surface area (Å²) in [6.45, 7) is 5.56. The van der Waals surface area contributed by atoms with Gasteiger partial charge < -0.3 is 10.2 Å². The van der Waals surface area contributed by atoms with E-state index in [1.54, 1.807) is 16.7 Å². The Kier molecular flexibility index (Phi) is 4.60. The summed E-state index contributed by atoms with van der Waals surface area (Å²) in [5.74, 6) is 0.718. The average molecular weight is 382 g/mol. The number of aryl methyl sites for hydroxylation is 1. The number of carbonyl (C=O) groups is 2. The van der Waals surface area contributed by atoms with Crippen LogP contribution in [0.3, 0.4) is 0 Å². The highest BCUT2D eigenvalue weighted by atomic mass is 32.2. The Morgan fingerprint density at radius 2 is 1.93 bits per heavy atom. The lowest BCUT2D eigenvalue weighted by molar-refractivity contribution is -0.123. The maximum atomic E-state index is 13.7. The molecule has 5 nitrogen and oxygen atoms in total. The van der Waals surface area contributed by atoms with Crippen LogP contribution in [-0.4, -0.2) is 35.7 Å². The molecule has 2 heterocycles. The van der Waals surface area contributed by atoms with E-state index in [1.807, 2.05) is 48.2 Å². The molecule has 4 rings (SSSR count). The van der Waals surface area contributed by atoms with Crippen LogP contribution in [0.15, 0.2) is 48.5 Å². The Morgan fingerprint density at radius 3 is 2.70 bits per heavy atom. The second-order valence-electron chi connectivity index (χ2n) is 6.81. The fraction of sp³-hybridized carbons (Fsp3) is 0.333. The third-order valence-electron chi connectivity index (χ3n) is 5.26. The number of thioether (sulfide) groups is 1. The molecule has 0 aromatic heterocycles. The minimum Gasteiger partial charge on any atom is -0.338 e. The van der Waals surface area contributed by atoms with Gasteiger partial charge >= 0.3 is 6.03 Å². The van der Waals surface area contributed by atoms with Gasteiger partial charge in [0.15, 0.2) is 4.87 Å². The van der Waals surface area contributed by atoms with Crippen LogP contribution in [0.2, 0.25) is 0 Å². The number of anilines is 1. The fourth-order valence-electron chi connectivity index (χ4n) is 3.93. The lowest BCUT2D eigenvalue weighted by atomic mass is 10.1. The molecule has 2 aromatic rings. The van der Waals surface area contributed by atoms with Gasteiger partial charge in [0, 0.05) is 24.4 Å². The van der Waals surface area contributed by atoms with E-state index in [0.29, 0.717) is 19.6 Å². The van der Waals surface area contributed by atoms with Crippen LogP contribution in [0.4, 0.5) is 10.5 Å². The van der Waals surface area contributed by atoms with Crippen LogP contribution in [-0.2, 0) is 16.2 Å². The molecule has 0 saturated carbocycles. The Labute approximate surface area is 163 Å². The molecule has 1 atom stereocenters. The van der Waals surface area contributed by atoms with Crippen molar-refractivity contribution >= 4 is 29.4 Å². The average Bonchev–Trinajstić information content (AvgIpc) is 3.21. The van der Waals surface area contributed by atoms with Crippen molar-refractivity contribution in [3.63, 3.8) is 0 Å². The molecule has 27 heavy (non-hydrogen) atoms. The third-order valence-corrected chi connectivity index (χ3v) is 6.68. The van der Waals surface area contributed by atoms with Gasteiger partial charge in [-0.1, -0.05) is 42.5 Å². The Balaban J connectivity index is 1.78. The van der Waals surface area contributed by atoms with Gasteiger partial charge in [0.05, 0.1) is 12.2 Å². The van der Waals surface area contributed by atoms with E-state index < -0.39 is 4.87 Å². The first-order valence-electron chi connectivity index (χ1n) is 9.25. The number of hydrogen-bond donors (Lipinski definition) is 1. The van der Waals surface area contributed by atoms with E-state index in [-0.39, 0.29) is 11.9 Å². The summed E-state index contributed by atoms with van der Waals surface area (Å²) in [5.41, 5.74) is 4.08. The van der Waals surface area contributed by atoms with Crippen molar-refractivity contribution in [3.8, 4) is 0 Å². The van der Waals surface area contributed by atoms with Crippen LogP contribution in [0.1, 0.15) is 23.6 Å². The maximum absolute atomic E-state index is 13.7. The van der Waals surface area contributed by atoms with Crippen molar-refractivity contribution < 1.29 is 9.59 Å². The number of carbonyl (C=O) groups excluding carboxylic acids is 2. The third kappa shape index (κ3) is 2.70. The summed E-state index contributed by atoms with van der Waals surface area (Å²) in [5, 5.41) is 2.87. The van der Waals surface area contributed by atoms with Crippen molar-refractivity contribution in [2.24, 2.45) is 0 Å². The zero-order valence-corrected chi connectivity index (χ0v) is 16.4. The van der Waals surface area contributed by atoms with Crippen molar-refractivity contribution in [1.82, 2.24) is 10.2 Å². The number of urea groups is 1. The first kappa shape index (κ1) is 17.9. The molecule has 1 N–H and O–H groups in total. The van der Waals surface area contributed by atoms with E-state index >= 15 is 0 Å². The summed E-state index contributed by atoms with van der Waals surface area (Å²) in [6.07, 6.45) is 0. The second-order valence-corrected chi connectivity index (χ2v) is 8.10. The van der Waals surface area contributed by atoms with Crippen LogP contribution in [0, 0.1) is 6.92 Å². The van der Waals surface area contributed by atoms with Gasteiger partial charge in [-0.05, 0) is 31.0 Å². The van der Waals surface area contributed by atoms with Gasteiger partial charge in [-0.2, -0.15) is 0 Å². The normalized spacial score (nSPS) is 21.0. The topological polar surface area (TPSA) is 52.7 Å². The molecule has 0 radical (unpaired) electrons. The largest absolute Gasteiger partial charge is 0.338 e. The number of hydrogen-bond acceptors (Lipinski definition) is 3. The highest BCUT2D eigenvalue weighted by molar-refractivity contribution is 8.01. The Hall–Kier alpha value is -2.47. The van der Waals surface area contributed by atoms with Gasteiger partial charge in [-0.25, -0.2) is 4.79 Å². The van der Waals surface area contributed by atoms with Gasteiger partial charge in [-0.3, -0.25) is 9.69 Å². The Morgan fingerprint density at radius 1 is 1.19 bits per heavy atom. The number of nitrogens with one attached hydrogen (secondary N) is 1. The van der Waals surface area contributed by atoms with Gasteiger partial charge in [0.1, 0.15) is 0 Å². The number of amides is 3. The number of benzene rings is 2. The van der Waals surface area contributed by atoms with Crippen molar-refractivity contribution in [3.05, 3.63) is 65.2 Å². The molecule has 140 valence electrons. The number of rotatable bonds is 3. The zero-order valence-electron chi connectivity index (χ0n) is 15.6. The van der Waals surface area contributed by atoms with Crippen LogP contribution in [0.5, 0.6) is 0 Å². The predicted octanol–water partition coefficient (Wildman–Crippen LogP) is 3.47. The Bertz CT molecular complexity index is 901. The van der Waals surface area contributed by atoms with Crippen molar-refractivity contribution in [1.29, 1.82) is 0 Å². The highest BCUT2D eigenvalue weighted by Crippen LogP contribution is 2.54. The molecule has 2 aliphatic heterocycles. The van der Waals surface area contributed by atoms with E-state index in [4.69, 9.17) is 0 Å². The standard InChI is InChI=1S/C21H23N3O2S/c1-3-22-20(26)24-12-13-27-21(24)17-10-6-7-11-18(17)23(19(21)25)14-16-9-5-4-8-15(16)2/h4-11H,3,12-14H2,1-2H3,(H,22,26)/t21-/m1/s1. The molecule has 0 bridgehead atoms. The predicted molar refractivity (Wildman–Crippen MR) is 109 cm³/mol. The first-order valence-corrected chi connectivity index (χ1v) is 10.2. The van der Waals surface area contributed by atoms with E-state index in [9.17, 15) is 9.59 Å². The van der Waals surface area contributed by atoms with Gasteiger partial charge in [0.2, 0.25) is 0 Å². The summed E-state index contributed by atoms with van der Waals surface area (Å²) < 4.78 is 0. The molecule has 1 fully saturated rings. The number of fused-ring (bicyclic) bond motifs is 2. The molecule has 2 aliphatic rings. The molecular formula is C21H23N3O2S. The fourth-order valence-corrected chi connectivity index (χ4v) is 5.39. The molecule has 1 saturated heterocycles. The van der Waals surface area contributed by atoms with Crippen LogP contribution < -0.4 is 10.2 Å². The molecule has 1 spiro atoms. The monoisotopic (exact) mass is 381 g/mol. The molecule has 6 heteroatoms. The molecule has 3 amide bonds. The minimum absolute atomic E-state index is 0.0271. The van der Waals surface area contributed by atoms with Crippen molar-refractivity contribution in [2.45, 2.75) is 25.3 Å². The van der Waals surface area contributed by atoms with Crippen LogP contribution >= 0.6 is 11.8 Å². The number of para-hydroxylation sites is 1. The summed E-state index contributed by atoms with van der Waals surface area (Å²) >= 11 is 1.56. The minimum atomic E-state index is -0.960.